The fourth-order valence-corrected chi connectivity index (χ4v) is 3.54. The highest BCUT2D eigenvalue weighted by Gasteiger charge is 2.15. The Morgan fingerprint density at radius 1 is 1.04 bits per heavy atom. The van der Waals surface area contributed by atoms with Crippen molar-refractivity contribution in [2.45, 2.75) is 32.1 Å². The van der Waals surface area contributed by atoms with Gasteiger partial charge in [-0.2, -0.15) is 0 Å². The quantitative estimate of drug-likeness (QED) is 0.732. The molecule has 0 bridgehead atoms. The third kappa shape index (κ3) is 4.96. The molecule has 0 heterocycles. The summed E-state index contributed by atoms with van der Waals surface area (Å²) in [6.07, 6.45) is 0.697. The van der Waals surface area contributed by atoms with Crippen molar-refractivity contribution in [3.05, 3.63) is 53.1 Å². The van der Waals surface area contributed by atoms with Gasteiger partial charge in [0, 0.05) is 6.54 Å². The normalized spacial score (nSPS) is 11.4. The molecule has 0 aliphatic heterocycles. The summed E-state index contributed by atoms with van der Waals surface area (Å²) in [4.78, 5) is 0.233. The lowest BCUT2D eigenvalue weighted by Crippen LogP contribution is -2.28. The minimum Gasteiger partial charge on any atom is -0.496 e. The molecule has 2 aromatic rings. The molecule has 2 aromatic carbocycles. The van der Waals surface area contributed by atoms with E-state index < -0.39 is 10.0 Å². The summed E-state index contributed by atoms with van der Waals surface area (Å²) in [5.41, 5.74) is 2.99. The van der Waals surface area contributed by atoms with E-state index in [0.29, 0.717) is 12.2 Å². The van der Waals surface area contributed by atoms with Crippen molar-refractivity contribution in [1.82, 2.24) is 4.72 Å². The number of methoxy groups -OCH3 is 1. The van der Waals surface area contributed by atoms with Gasteiger partial charge in [-0.25, -0.2) is 13.1 Å². The monoisotopic (exact) mass is 363 g/mol. The highest BCUT2D eigenvalue weighted by Crippen LogP contribution is 2.23. The molecule has 2 rings (SSSR count). The van der Waals surface area contributed by atoms with Gasteiger partial charge in [-0.3, -0.25) is 0 Å². The van der Waals surface area contributed by atoms with Gasteiger partial charge in [0.2, 0.25) is 10.0 Å². The average molecular weight is 363 g/mol. The van der Waals surface area contributed by atoms with Crippen LogP contribution in [-0.2, 0) is 16.4 Å². The SMILES string of the molecule is CCc1cc(S(=O)(=O)NCCOc2cc(C)ccc2C)ccc1OC. The Hall–Kier alpha value is -2.05. The molecule has 6 heteroatoms. The molecule has 0 unspecified atom stereocenters. The molecule has 0 spiro atoms. The maximum atomic E-state index is 12.4. The van der Waals surface area contributed by atoms with Gasteiger partial charge in [0.1, 0.15) is 18.1 Å². The fraction of sp³-hybridized carbons (Fsp3) is 0.368. The molecule has 0 aromatic heterocycles. The first-order valence-electron chi connectivity index (χ1n) is 8.24. The Bertz CT molecular complexity index is 831. The zero-order chi connectivity index (χ0) is 18.4. The van der Waals surface area contributed by atoms with Crippen LogP contribution in [0.25, 0.3) is 0 Å². The third-order valence-corrected chi connectivity index (χ3v) is 5.40. The van der Waals surface area contributed by atoms with Crippen LogP contribution in [0.1, 0.15) is 23.6 Å². The van der Waals surface area contributed by atoms with Crippen molar-refractivity contribution >= 4 is 10.0 Å². The lowest BCUT2D eigenvalue weighted by Gasteiger charge is -2.12. The summed E-state index contributed by atoms with van der Waals surface area (Å²) >= 11 is 0. The minimum absolute atomic E-state index is 0.198. The van der Waals surface area contributed by atoms with Crippen LogP contribution in [0.5, 0.6) is 11.5 Å². The summed E-state index contributed by atoms with van der Waals surface area (Å²) < 4.78 is 38.3. The first-order valence-corrected chi connectivity index (χ1v) is 9.72. The van der Waals surface area contributed by atoms with Crippen LogP contribution in [0.2, 0.25) is 0 Å². The molecule has 25 heavy (non-hydrogen) atoms. The molecule has 1 N–H and O–H groups in total. The molecule has 0 radical (unpaired) electrons. The van der Waals surface area contributed by atoms with Crippen molar-refractivity contribution in [3.63, 3.8) is 0 Å². The molecule has 0 fully saturated rings. The van der Waals surface area contributed by atoms with Crippen molar-refractivity contribution in [2.75, 3.05) is 20.3 Å². The van der Waals surface area contributed by atoms with E-state index in [4.69, 9.17) is 9.47 Å². The van der Waals surface area contributed by atoms with Gasteiger partial charge in [-0.1, -0.05) is 19.1 Å². The Balaban J connectivity index is 1.99. The second kappa shape index (κ2) is 8.36. The standard InChI is InChI=1S/C19H25NO4S/c1-5-16-13-17(8-9-18(16)23-4)25(21,22)20-10-11-24-19-12-14(2)6-7-15(19)3/h6-9,12-13,20H,5,10-11H2,1-4H3. The molecular formula is C19H25NO4S. The first-order chi connectivity index (χ1) is 11.9. The van der Waals surface area contributed by atoms with Crippen molar-refractivity contribution in [2.24, 2.45) is 0 Å². The Labute approximate surface area is 150 Å². The number of aryl methyl sites for hydroxylation is 3. The Kier molecular flexibility index (Phi) is 6.45. The second-order valence-corrected chi connectivity index (χ2v) is 7.61. The topological polar surface area (TPSA) is 64.6 Å². The van der Waals surface area contributed by atoms with E-state index in [1.807, 2.05) is 39.0 Å². The Morgan fingerprint density at radius 2 is 1.80 bits per heavy atom. The molecule has 5 nitrogen and oxygen atoms in total. The van der Waals surface area contributed by atoms with E-state index in [2.05, 4.69) is 4.72 Å². The number of ether oxygens (including phenoxy) is 2. The summed E-state index contributed by atoms with van der Waals surface area (Å²) in [5.74, 6) is 1.47. The van der Waals surface area contributed by atoms with Crippen LogP contribution in [-0.4, -0.2) is 28.7 Å². The van der Waals surface area contributed by atoms with Gasteiger partial charge in [-0.15, -0.1) is 0 Å². The molecule has 0 atom stereocenters. The summed E-state index contributed by atoms with van der Waals surface area (Å²) in [6.45, 7) is 6.37. The highest BCUT2D eigenvalue weighted by molar-refractivity contribution is 7.89. The number of hydrogen-bond acceptors (Lipinski definition) is 4. The number of sulfonamides is 1. The van der Waals surface area contributed by atoms with Crippen molar-refractivity contribution in [1.29, 1.82) is 0 Å². The number of rotatable bonds is 8. The van der Waals surface area contributed by atoms with Gasteiger partial charge in [-0.05, 0) is 61.2 Å². The number of nitrogens with one attached hydrogen (secondary N) is 1. The van der Waals surface area contributed by atoms with Gasteiger partial charge in [0.05, 0.1) is 12.0 Å². The van der Waals surface area contributed by atoms with E-state index in [1.165, 1.54) is 0 Å². The molecule has 0 amide bonds. The fourth-order valence-electron chi connectivity index (χ4n) is 2.48. The van der Waals surface area contributed by atoms with E-state index in [-0.39, 0.29) is 18.0 Å². The van der Waals surface area contributed by atoms with Gasteiger partial charge in [0.25, 0.3) is 0 Å². The van der Waals surface area contributed by atoms with E-state index in [9.17, 15) is 8.42 Å². The van der Waals surface area contributed by atoms with Crippen LogP contribution in [0, 0.1) is 13.8 Å². The predicted octanol–water partition coefficient (Wildman–Crippen LogP) is 3.23. The van der Waals surface area contributed by atoms with E-state index in [0.717, 1.165) is 22.4 Å². The largest absolute Gasteiger partial charge is 0.496 e. The smallest absolute Gasteiger partial charge is 0.240 e. The number of benzene rings is 2. The van der Waals surface area contributed by atoms with Crippen LogP contribution in [0.15, 0.2) is 41.3 Å². The number of hydrogen-bond donors (Lipinski definition) is 1. The maximum Gasteiger partial charge on any atom is 0.240 e. The van der Waals surface area contributed by atoms with Crippen LogP contribution in [0.4, 0.5) is 0 Å². The summed E-state index contributed by atoms with van der Waals surface area (Å²) in [7, 11) is -2.00. The van der Waals surface area contributed by atoms with Crippen LogP contribution in [0.3, 0.4) is 0 Å². The molecule has 0 aliphatic rings. The molecule has 136 valence electrons. The van der Waals surface area contributed by atoms with Crippen molar-refractivity contribution in [3.8, 4) is 11.5 Å². The molecule has 0 aliphatic carbocycles. The molecular weight excluding hydrogens is 338 g/mol. The highest BCUT2D eigenvalue weighted by atomic mass is 32.2. The van der Waals surface area contributed by atoms with E-state index in [1.54, 1.807) is 25.3 Å². The first kappa shape index (κ1) is 19.3. The maximum absolute atomic E-state index is 12.4. The third-order valence-electron chi connectivity index (χ3n) is 3.94. The average Bonchev–Trinajstić information content (AvgIpc) is 2.60. The molecule has 0 saturated heterocycles. The lowest BCUT2D eigenvalue weighted by atomic mass is 10.1. The van der Waals surface area contributed by atoms with Gasteiger partial charge in [0.15, 0.2) is 0 Å². The second-order valence-electron chi connectivity index (χ2n) is 5.84. The summed E-state index contributed by atoms with van der Waals surface area (Å²) in [6, 6.07) is 10.8. The van der Waals surface area contributed by atoms with Crippen molar-refractivity contribution < 1.29 is 17.9 Å². The summed E-state index contributed by atoms with van der Waals surface area (Å²) in [5, 5.41) is 0. The Morgan fingerprint density at radius 3 is 2.48 bits per heavy atom. The van der Waals surface area contributed by atoms with Crippen LogP contribution >= 0.6 is 0 Å². The minimum atomic E-state index is -3.58. The zero-order valence-electron chi connectivity index (χ0n) is 15.1. The lowest BCUT2D eigenvalue weighted by molar-refractivity contribution is 0.320. The van der Waals surface area contributed by atoms with Gasteiger partial charge < -0.3 is 9.47 Å². The van der Waals surface area contributed by atoms with Gasteiger partial charge >= 0.3 is 0 Å². The zero-order valence-corrected chi connectivity index (χ0v) is 15.9. The molecule has 0 saturated carbocycles. The van der Waals surface area contributed by atoms with Crippen LogP contribution < -0.4 is 14.2 Å². The van der Waals surface area contributed by atoms with E-state index >= 15 is 0 Å². The predicted molar refractivity (Wildman–Crippen MR) is 99.0 cm³/mol.